The van der Waals surface area contributed by atoms with E-state index in [0.29, 0.717) is 34.2 Å². The SMILES string of the molecule is COC1CN(S(=O)(=O)c2cc(Cl)cc(N)c2Br)CCC1C. The fourth-order valence-corrected chi connectivity index (χ4v) is 5.16. The Bertz CT molecular complexity index is 639. The van der Waals surface area contributed by atoms with Gasteiger partial charge in [-0.2, -0.15) is 4.31 Å². The second-order valence-corrected chi connectivity index (χ2v) is 8.35. The summed E-state index contributed by atoms with van der Waals surface area (Å²) < 4.78 is 32.8. The number of ether oxygens (including phenoxy) is 1. The van der Waals surface area contributed by atoms with Crippen LogP contribution in [-0.4, -0.2) is 39.0 Å². The van der Waals surface area contributed by atoms with Crippen molar-refractivity contribution in [1.29, 1.82) is 0 Å². The molecule has 1 aromatic carbocycles. The first-order chi connectivity index (χ1) is 9.77. The number of benzene rings is 1. The summed E-state index contributed by atoms with van der Waals surface area (Å²) in [5.74, 6) is 0.328. The van der Waals surface area contributed by atoms with Crippen LogP contribution in [-0.2, 0) is 14.8 Å². The Labute approximate surface area is 138 Å². The summed E-state index contributed by atoms with van der Waals surface area (Å²) in [6.45, 7) is 2.85. The van der Waals surface area contributed by atoms with Crippen LogP contribution in [0.4, 0.5) is 5.69 Å². The molecule has 118 valence electrons. The predicted molar refractivity (Wildman–Crippen MR) is 86.9 cm³/mol. The Morgan fingerprint density at radius 3 is 2.76 bits per heavy atom. The van der Waals surface area contributed by atoms with E-state index in [4.69, 9.17) is 22.1 Å². The molecule has 21 heavy (non-hydrogen) atoms. The number of nitrogen functional groups attached to an aromatic ring is 1. The number of sulfonamides is 1. The van der Waals surface area contributed by atoms with Gasteiger partial charge in [0.2, 0.25) is 10.0 Å². The molecule has 1 heterocycles. The number of nitrogens with zero attached hydrogens (tertiary/aromatic N) is 1. The maximum absolute atomic E-state index is 12.8. The lowest BCUT2D eigenvalue weighted by Gasteiger charge is -2.35. The number of halogens is 2. The van der Waals surface area contributed by atoms with Crippen molar-refractivity contribution in [3.05, 3.63) is 21.6 Å². The number of methoxy groups -OCH3 is 1. The molecule has 1 saturated heterocycles. The van der Waals surface area contributed by atoms with E-state index in [1.165, 1.54) is 16.4 Å². The van der Waals surface area contributed by atoms with Gasteiger partial charge in [-0.3, -0.25) is 0 Å². The molecule has 0 saturated carbocycles. The van der Waals surface area contributed by atoms with E-state index < -0.39 is 10.0 Å². The van der Waals surface area contributed by atoms with Crippen LogP contribution < -0.4 is 5.73 Å². The summed E-state index contributed by atoms with van der Waals surface area (Å²) in [7, 11) is -2.06. The summed E-state index contributed by atoms with van der Waals surface area (Å²) in [4.78, 5) is 0.0944. The van der Waals surface area contributed by atoms with E-state index in [2.05, 4.69) is 22.9 Å². The minimum atomic E-state index is -3.66. The Balaban J connectivity index is 2.39. The van der Waals surface area contributed by atoms with Crippen LogP contribution >= 0.6 is 27.5 Å². The Morgan fingerprint density at radius 2 is 2.14 bits per heavy atom. The van der Waals surface area contributed by atoms with Crippen molar-refractivity contribution in [2.75, 3.05) is 25.9 Å². The van der Waals surface area contributed by atoms with Gasteiger partial charge in [-0.1, -0.05) is 18.5 Å². The molecule has 1 aliphatic rings. The zero-order chi connectivity index (χ0) is 15.8. The molecule has 2 atom stereocenters. The monoisotopic (exact) mass is 396 g/mol. The molecule has 1 aliphatic heterocycles. The summed E-state index contributed by atoms with van der Waals surface area (Å²) in [6.07, 6.45) is 0.648. The van der Waals surface area contributed by atoms with Gasteiger partial charge < -0.3 is 10.5 Å². The molecule has 1 aromatic rings. The molecule has 0 radical (unpaired) electrons. The van der Waals surface area contributed by atoms with Gasteiger partial charge in [0.25, 0.3) is 0 Å². The van der Waals surface area contributed by atoms with Gasteiger partial charge in [0.05, 0.1) is 15.5 Å². The molecule has 5 nitrogen and oxygen atoms in total. The van der Waals surface area contributed by atoms with Gasteiger partial charge in [-0.15, -0.1) is 0 Å². The molecular formula is C13H18BrClN2O3S. The van der Waals surface area contributed by atoms with Crippen molar-refractivity contribution in [3.8, 4) is 0 Å². The largest absolute Gasteiger partial charge is 0.398 e. The smallest absolute Gasteiger partial charge is 0.244 e. The Kier molecular flexibility index (Phi) is 5.20. The predicted octanol–water partition coefficient (Wildman–Crippen LogP) is 2.73. The average molecular weight is 398 g/mol. The van der Waals surface area contributed by atoms with Gasteiger partial charge >= 0.3 is 0 Å². The first-order valence-corrected chi connectivity index (χ1v) is 9.16. The molecule has 0 aromatic heterocycles. The highest BCUT2D eigenvalue weighted by molar-refractivity contribution is 9.10. The van der Waals surface area contributed by atoms with Gasteiger partial charge in [0, 0.05) is 30.9 Å². The van der Waals surface area contributed by atoms with Crippen LogP contribution in [0.25, 0.3) is 0 Å². The van der Waals surface area contributed by atoms with Crippen LogP contribution in [0.15, 0.2) is 21.5 Å². The van der Waals surface area contributed by atoms with Gasteiger partial charge in [0.1, 0.15) is 0 Å². The third kappa shape index (κ3) is 3.37. The first-order valence-electron chi connectivity index (χ1n) is 6.54. The van der Waals surface area contributed by atoms with E-state index >= 15 is 0 Å². The highest BCUT2D eigenvalue weighted by Crippen LogP contribution is 2.34. The zero-order valence-electron chi connectivity index (χ0n) is 11.8. The van der Waals surface area contributed by atoms with E-state index in [-0.39, 0.29) is 11.0 Å². The second kappa shape index (κ2) is 6.42. The van der Waals surface area contributed by atoms with Crippen LogP contribution in [0.1, 0.15) is 13.3 Å². The maximum Gasteiger partial charge on any atom is 0.244 e. The fourth-order valence-electron chi connectivity index (χ4n) is 2.44. The van der Waals surface area contributed by atoms with Crippen molar-refractivity contribution in [1.82, 2.24) is 4.31 Å². The van der Waals surface area contributed by atoms with E-state index in [9.17, 15) is 8.42 Å². The fraction of sp³-hybridized carbons (Fsp3) is 0.538. The average Bonchev–Trinajstić information content (AvgIpc) is 2.42. The normalized spacial score (nSPS) is 24.2. The molecule has 0 aliphatic carbocycles. The molecule has 2 unspecified atom stereocenters. The van der Waals surface area contributed by atoms with Gasteiger partial charge in [-0.25, -0.2) is 8.42 Å². The van der Waals surface area contributed by atoms with E-state index in [1.807, 2.05) is 0 Å². The zero-order valence-corrected chi connectivity index (χ0v) is 15.0. The maximum atomic E-state index is 12.8. The molecule has 0 spiro atoms. The van der Waals surface area contributed by atoms with Crippen LogP contribution in [0.5, 0.6) is 0 Å². The Hall–Kier alpha value is -0.340. The summed E-state index contributed by atoms with van der Waals surface area (Å²) in [5.41, 5.74) is 6.08. The number of hydrogen-bond donors (Lipinski definition) is 1. The number of rotatable bonds is 3. The highest BCUT2D eigenvalue weighted by Gasteiger charge is 2.35. The van der Waals surface area contributed by atoms with Crippen LogP contribution in [0.3, 0.4) is 0 Å². The number of nitrogens with two attached hydrogens (primary N) is 1. The van der Waals surface area contributed by atoms with Crippen molar-refractivity contribution >= 4 is 43.2 Å². The number of anilines is 1. The quantitative estimate of drug-likeness (QED) is 0.796. The third-order valence-corrected chi connectivity index (χ3v) is 7.06. The van der Waals surface area contributed by atoms with Crippen molar-refractivity contribution in [3.63, 3.8) is 0 Å². The van der Waals surface area contributed by atoms with Crippen molar-refractivity contribution in [2.45, 2.75) is 24.3 Å². The molecule has 8 heteroatoms. The highest BCUT2D eigenvalue weighted by atomic mass is 79.9. The van der Waals surface area contributed by atoms with E-state index in [1.54, 1.807) is 7.11 Å². The topological polar surface area (TPSA) is 72.6 Å². The first kappa shape index (κ1) is 17.0. The lowest BCUT2D eigenvalue weighted by molar-refractivity contribution is 0.0183. The van der Waals surface area contributed by atoms with Crippen molar-refractivity contribution in [2.24, 2.45) is 5.92 Å². The van der Waals surface area contributed by atoms with Gasteiger partial charge in [0.15, 0.2) is 0 Å². The molecule has 2 N–H and O–H groups in total. The summed E-state index contributed by atoms with van der Waals surface area (Å²) in [6, 6.07) is 2.93. The molecule has 2 rings (SSSR count). The lowest BCUT2D eigenvalue weighted by Crippen LogP contribution is -2.46. The van der Waals surface area contributed by atoms with E-state index in [0.717, 1.165) is 6.42 Å². The molecule has 0 amide bonds. The molecular weight excluding hydrogens is 380 g/mol. The summed E-state index contributed by atoms with van der Waals surface area (Å²) in [5, 5.41) is 0.294. The third-order valence-electron chi connectivity index (χ3n) is 3.80. The number of hydrogen-bond acceptors (Lipinski definition) is 4. The Morgan fingerprint density at radius 1 is 1.48 bits per heavy atom. The van der Waals surface area contributed by atoms with Crippen LogP contribution in [0, 0.1) is 5.92 Å². The summed E-state index contributed by atoms with van der Waals surface area (Å²) >= 11 is 9.18. The van der Waals surface area contributed by atoms with Gasteiger partial charge in [-0.05, 0) is 40.4 Å². The molecule has 1 fully saturated rings. The minimum Gasteiger partial charge on any atom is -0.398 e. The molecule has 0 bridgehead atoms. The van der Waals surface area contributed by atoms with Crippen LogP contribution in [0.2, 0.25) is 5.02 Å². The second-order valence-electron chi connectivity index (χ2n) is 5.21. The lowest BCUT2D eigenvalue weighted by atomic mass is 9.97. The minimum absolute atomic E-state index is 0.0944. The standard InChI is InChI=1S/C13H18BrClN2O3S/c1-8-3-4-17(7-11(8)20-2)21(18,19)12-6-9(15)5-10(16)13(12)14/h5-6,8,11H,3-4,7,16H2,1-2H3. The number of piperidine rings is 1. The van der Waals surface area contributed by atoms with Crippen molar-refractivity contribution < 1.29 is 13.2 Å².